The summed E-state index contributed by atoms with van der Waals surface area (Å²) in [4.78, 5) is 0. The number of nitrogens with zero attached hydrogens (tertiary/aromatic N) is 2. The lowest BCUT2D eigenvalue weighted by molar-refractivity contribution is 1.13. The second-order valence-corrected chi connectivity index (χ2v) is 3.40. The average Bonchev–Trinajstić information content (AvgIpc) is 2.19. The van der Waals surface area contributed by atoms with Crippen LogP contribution in [0.3, 0.4) is 0 Å². The van der Waals surface area contributed by atoms with Crippen LogP contribution in [0.2, 0.25) is 5.02 Å². The van der Waals surface area contributed by atoms with E-state index < -0.39 is 0 Å². The molecule has 1 aromatic rings. The van der Waals surface area contributed by atoms with Gasteiger partial charge in [0.25, 0.3) is 0 Å². The second-order valence-electron chi connectivity index (χ2n) is 2.97. The number of rotatable bonds is 3. The number of guanidine groups is 1. The van der Waals surface area contributed by atoms with E-state index >= 15 is 0 Å². The van der Waals surface area contributed by atoms with Crippen molar-refractivity contribution in [3.8, 4) is 0 Å². The molecule has 0 aliphatic rings. The van der Waals surface area contributed by atoms with E-state index in [4.69, 9.17) is 23.1 Å². The predicted molar refractivity (Wildman–Crippen MR) is 64.2 cm³/mol. The van der Waals surface area contributed by atoms with Crippen molar-refractivity contribution in [1.82, 2.24) is 0 Å². The summed E-state index contributed by atoms with van der Waals surface area (Å²) in [5.74, 6) is -0.0572. The minimum Gasteiger partial charge on any atom is -0.369 e. The van der Waals surface area contributed by atoms with Crippen LogP contribution in [0.5, 0.6) is 0 Å². The standard InChI is InChI=1S/C10H13ClN4/c1-2-7-5-9(11)4-3-8(7)6-14-15-10(12)13/h3-6H,2H2,1H3,(H4,12,13,15). The summed E-state index contributed by atoms with van der Waals surface area (Å²) >= 11 is 5.87. The molecule has 1 rings (SSSR count). The fraction of sp³-hybridized carbons (Fsp3) is 0.200. The van der Waals surface area contributed by atoms with Crippen molar-refractivity contribution < 1.29 is 0 Å². The molecule has 15 heavy (non-hydrogen) atoms. The quantitative estimate of drug-likeness (QED) is 0.464. The summed E-state index contributed by atoms with van der Waals surface area (Å²) in [6, 6.07) is 5.59. The van der Waals surface area contributed by atoms with Crippen molar-refractivity contribution >= 4 is 23.8 Å². The maximum atomic E-state index is 5.87. The first kappa shape index (κ1) is 11.5. The summed E-state index contributed by atoms with van der Waals surface area (Å²) < 4.78 is 0. The van der Waals surface area contributed by atoms with E-state index in [1.807, 2.05) is 19.1 Å². The normalized spacial score (nSPS) is 10.5. The smallest absolute Gasteiger partial charge is 0.211 e. The van der Waals surface area contributed by atoms with Crippen LogP contribution in [0.15, 0.2) is 28.4 Å². The highest BCUT2D eigenvalue weighted by Crippen LogP contribution is 2.15. The Hall–Kier alpha value is -1.55. The van der Waals surface area contributed by atoms with Crippen molar-refractivity contribution in [3.63, 3.8) is 0 Å². The molecule has 0 atom stereocenters. The lowest BCUT2D eigenvalue weighted by Crippen LogP contribution is -2.21. The number of nitrogens with two attached hydrogens (primary N) is 2. The summed E-state index contributed by atoms with van der Waals surface area (Å²) in [6.45, 7) is 2.05. The molecule has 0 radical (unpaired) electrons. The Morgan fingerprint density at radius 2 is 2.20 bits per heavy atom. The number of aryl methyl sites for hydroxylation is 1. The second kappa shape index (κ2) is 5.36. The molecule has 80 valence electrons. The van der Waals surface area contributed by atoms with E-state index in [2.05, 4.69) is 10.2 Å². The highest BCUT2D eigenvalue weighted by molar-refractivity contribution is 6.30. The Morgan fingerprint density at radius 1 is 1.47 bits per heavy atom. The molecule has 0 aromatic heterocycles. The van der Waals surface area contributed by atoms with Gasteiger partial charge in [-0.25, -0.2) is 0 Å². The molecule has 0 fully saturated rings. The molecule has 0 saturated heterocycles. The molecule has 0 aliphatic carbocycles. The summed E-state index contributed by atoms with van der Waals surface area (Å²) in [7, 11) is 0. The Morgan fingerprint density at radius 3 is 2.80 bits per heavy atom. The van der Waals surface area contributed by atoms with E-state index in [0.717, 1.165) is 17.5 Å². The highest BCUT2D eigenvalue weighted by atomic mass is 35.5. The number of hydrogen-bond acceptors (Lipinski definition) is 2. The summed E-state index contributed by atoms with van der Waals surface area (Å²) in [5, 5.41) is 7.99. The lowest BCUT2D eigenvalue weighted by Gasteiger charge is -2.02. The van der Waals surface area contributed by atoms with Gasteiger partial charge in [-0.2, -0.15) is 5.10 Å². The molecule has 0 saturated carbocycles. The first-order chi connectivity index (χ1) is 7.13. The molecule has 0 unspecified atom stereocenters. The zero-order chi connectivity index (χ0) is 11.3. The molecule has 5 heteroatoms. The van der Waals surface area contributed by atoms with Crippen LogP contribution in [0.4, 0.5) is 0 Å². The maximum absolute atomic E-state index is 5.87. The van der Waals surface area contributed by atoms with Gasteiger partial charge in [0.15, 0.2) is 0 Å². The van der Waals surface area contributed by atoms with Gasteiger partial charge < -0.3 is 11.5 Å². The fourth-order valence-corrected chi connectivity index (χ4v) is 1.36. The summed E-state index contributed by atoms with van der Waals surface area (Å²) in [5.41, 5.74) is 12.4. The van der Waals surface area contributed by atoms with Gasteiger partial charge in [0, 0.05) is 5.02 Å². The fourth-order valence-electron chi connectivity index (χ4n) is 1.16. The zero-order valence-corrected chi connectivity index (χ0v) is 9.20. The Balaban J connectivity index is 2.94. The van der Waals surface area contributed by atoms with Crippen LogP contribution in [0, 0.1) is 0 Å². The Bertz CT molecular complexity index is 394. The van der Waals surface area contributed by atoms with Gasteiger partial charge in [-0.15, -0.1) is 5.10 Å². The average molecular weight is 225 g/mol. The van der Waals surface area contributed by atoms with Crippen molar-refractivity contribution in [3.05, 3.63) is 34.3 Å². The SMILES string of the molecule is CCc1cc(Cl)ccc1C=NN=C(N)N. The first-order valence-electron chi connectivity index (χ1n) is 4.54. The lowest BCUT2D eigenvalue weighted by atomic mass is 10.1. The van der Waals surface area contributed by atoms with Crippen molar-refractivity contribution in [2.75, 3.05) is 0 Å². The molecule has 0 aliphatic heterocycles. The van der Waals surface area contributed by atoms with Crippen molar-refractivity contribution in [2.45, 2.75) is 13.3 Å². The topological polar surface area (TPSA) is 76.8 Å². The molecular weight excluding hydrogens is 212 g/mol. The van der Waals surface area contributed by atoms with Gasteiger partial charge in [0.05, 0.1) is 6.21 Å². The van der Waals surface area contributed by atoms with Crippen molar-refractivity contribution in [2.24, 2.45) is 21.7 Å². The number of hydrogen-bond donors (Lipinski definition) is 2. The van der Waals surface area contributed by atoms with Crippen LogP contribution in [0.1, 0.15) is 18.1 Å². The third-order valence-corrected chi connectivity index (χ3v) is 2.09. The van der Waals surface area contributed by atoms with Crippen LogP contribution >= 0.6 is 11.6 Å². The highest BCUT2D eigenvalue weighted by Gasteiger charge is 1.98. The van der Waals surface area contributed by atoms with E-state index in [0.29, 0.717) is 5.02 Å². The zero-order valence-electron chi connectivity index (χ0n) is 8.44. The van der Waals surface area contributed by atoms with Gasteiger partial charge in [0.1, 0.15) is 0 Å². The van der Waals surface area contributed by atoms with Gasteiger partial charge in [-0.05, 0) is 29.7 Å². The minimum absolute atomic E-state index is 0.0572. The molecule has 4 N–H and O–H groups in total. The van der Waals surface area contributed by atoms with E-state index in [9.17, 15) is 0 Å². The van der Waals surface area contributed by atoms with E-state index in [1.165, 1.54) is 0 Å². The van der Waals surface area contributed by atoms with E-state index in [-0.39, 0.29) is 5.96 Å². The van der Waals surface area contributed by atoms with Gasteiger partial charge in [0.2, 0.25) is 5.96 Å². The summed E-state index contributed by atoms with van der Waals surface area (Å²) in [6.07, 6.45) is 2.48. The predicted octanol–water partition coefficient (Wildman–Crippen LogP) is 1.51. The van der Waals surface area contributed by atoms with Gasteiger partial charge >= 0.3 is 0 Å². The van der Waals surface area contributed by atoms with Gasteiger partial charge in [-0.3, -0.25) is 0 Å². The molecule has 0 spiro atoms. The Kier molecular flexibility index (Phi) is 4.12. The van der Waals surface area contributed by atoms with Crippen LogP contribution < -0.4 is 11.5 Å². The van der Waals surface area contributed by atoms with Crippen LogP contribution in [-0.4, -0.2) is 12.2 Å². The maximum Gasteiger partial charge on any atom is 0.211 e. The van der Waals surface area contributed by atoms with Crippen LogP contribution in [-0.2, 0) is 6.42 Å². The van der Waals surface area contributed by atoms with Crippen molar-refractivity contribution in [1.29, 1.82) is 0 Å². The molecule has 0 bridgehead atoms. The molecule has 0 heterocycles. The first-order valence-corrected chi connectivity index (χ1v) is 4.91. The van der Waals surface area contributed by atoms with Gasteiger partial charge in [-0.1, -0.05) is 24.6 Å². The Labute approximate surface area is 93.6 Å². The third-order valence-electron chi connectivity index (χ3n) is 1.86. The van der Waals surface area contributed by atoms with E-state index in [1.54, 1.807) is 12.3 Å². The number of benzene rings is 1. The minimum atomic E-state index is -0.0572. The number of halogens is 1. The third kappa shape index (κ3) is 3.59. The molecule has 4 nitrogen and oxygen atoms in total. The molecule has 0 amide bonds. The van der Waals surface area contributed by atoms with Crippen LogP contribution in [0.25, 0.3) is 0 Å². The monoisotopic (exact) mass is 224 g/mol. The molecular formula is C10H13ClN4. The molecule has 1 aromatic carbocycles. The largest absolute Gasteiger partial charge is 0.369 e.